The van der Waals surface area contributed by atoms with Crippen LogP contribution in [0.3, 0.4) is 0 Å². The van der Waals surface area contributed by atoms with Crippen molar-refractivity contribution in [3.63, 3.8) is 0 Å². The number of carbonyl (C=O) groups excluding carboxylic acids is 1. The van der Waals surface area contributed by atoms with Gasteiger partial charge in [0, 0.05) is 6.54 Å². The van der Waals surface area contributed by atoms with Gasteiger partial charge in [0.15, 0.2) is 5.16 Å². The minimum Gasteiger partial charge on any atom is -0.324 e. The molecule has 8 heteroatoms. The molecule has 0 unspecified atom stereocenters. The number of halogens is 2. The molecule has 0 saturated heterocycles. The summed E-state index contributed by atoms with van der Waals surface area (Å²) in [7, 11) is 0. The minimum absolute atomic E-state index is 0.0462. The van der Waals surface area contributed by atoms with Gasteiger partial charge in [-0.2, -0.15) is 0 Å². The van der Waals surface area contributed by atoms with Crippen LogP contribution in [0.1, 0.15) is 19.8 Å². The quantitative estimate of drug-likeness (QED) is 0.444. The molecule has 0 saturated carbocycles. The normalized spacial score (nSPS) is 11.0. The number of amides is 1. The molecule has 0 fully saturated rings. The summed E-state index contributed by atoms with van der Waals surface area (Å²) in [6, 6.07) is 10.9. The van der Waals surface area contributed by atoms with Crippen molar-refractivity contribution in [3.05, 3.63) is 63.7 Å². The van der Waals surface area contributed by atoms with Crippen LogP contribution in [0.2, 0.25) is 5.02 Å². The lowest BCUT2D eigenvalue weighted by Crippen LogP contribution is -2.24. The van der Waals surface area contributed by atoms with Crippen molar-refractivity contribution < 1.29 is 9.18 Å². The third kappa shape index (κ3) is 4.72. The fourth-order valence-electron chi connectivity index (χ4n) is 2.68. The Kier molecular flexibility index (Phi) is 6.70. The molecule has 5 nitrogen and oxygen atoms in total. The van der Waals surface area contributed by atoms with E-state index in [-0.39, 0.29) is 22.2 Å². The Morgan fingerprint density at radius 3 is 2.82 bits per heavy atom. The molecule has 0 atom stereocenters. The summed E-state index contributed by atoms with van der Waals surface area (Å²) in [6.07, 6.45) is 1.78. The number of unbranched alkanes of at least 4 members (excludes halogenated alkanes) is 1. The SMILES string of the molecule is CCCCn1c(SCC(=O)Nc2ccc(F)cc2Cl)nc2ccccc2c1=O. The van der Waals surface area contributed by atoms with E-state index in [2.05, 4.69) is 10.3 Å². The fraction of sp³-hybridized carbons (Fsp3) is 0.250. The first kappa shape index (κ1) is 20.4. The maximum Gasteiger partial charge on any atom is 0.262 e. The molecule has 28 heavy (non-hydrogen) atoms. The van der Waals surface area contributed by atoms with Crippen molar-refractivity contribution in [2.24, 2.45) is 0 Å². The third-order valence-corrected chi connectivity index (χ3v) is 5.39. The average Bonchev–Trinajstić information content (AvgIpc) is 2.68. The summed E-state index contributed by atoms with van der Waals surface area (Å²) >= 11 is 7.13. The number of benzene rings is 2. The number of carbonyl (C=O) groups is 1. The third-order valence-electron chi connectivity index (χ3n) is 4.10. The number of fused-ring (bicyclic) bond motifs is 1. The van der Waals surface area contributed by atoms with Crippen LogP contribution < -0.4 is 10.9 Å². The number of aromatic nitrogens is 2. The summed E-state index contributed by atoms with van der Waals surface area (Å²) < 4.78 is 14.7. The van der Waals surface area contributed by atoms with Crippen molar-refractivity contribution in [1.82, 2.24) is 9.55 Å². The van der Waals surface area contributed by atoms with E-state index >= 15 is 0 Å². The first-order valence-electron chi connectivity index (χ1n) is 8.87. The fourth-order valence-corrected chi connectivity index (χ4v) is 3.72. The molecule has 0 aliphatic carbocycles. The van der Waals surface area contributed by atoms with E-state index in [1.54, 1.807) is 16.7 Å². The van der Waals surface area contributed by atoms with Crippen LogP contribution in [-0.2, 0) is 11.3 Å². The molecule has 2 aromatic carbocycles. The molecule has 0 radical (unpaired) electrons. The zero-order valence-corrected chi connectivity index (χ0v) is 16.8. The van der Waals surface area contributed by atoms with E-state index in [1.165, 1.54) is 23.9 Å². The molecule has 1 amide bonds. The molecule has 3 aromatic rings. The second kappa shape index (κ2) is 9.21. The molecule has 1 aromatic heterocycles. The Labute approximate surface area is 170 Å². The zero-order chi connectivity index (χ0) is 20.1. The minimum atomic E-state index is -0.474. The lowest BCUT2D eigenvalue weighted by atomic mass is 10.2. The maximum absolute atomic E-state index is 13.1. The Hall–Kier alpha value is -2.38. The topological polar surface area (TPSA) is 64.0 Å². The number of nitrogens with one attached hydrogen (secondary N) is 1. The molecular formula is C20H19ClFN3O2S. The highest BCUT2D eigenvalue weighted by Gasteiger charge is 2.14. The summed E-state index contributed by atoms with van der Waals surface area (Å²) in [4.78, 5) is 29.7. The second-order valence-electron chi connectivity index (χ2n) is 6.18. The molecule has 1 heterocycles. The maximum atomic E-state index is 13.1. The number of rotatable bonds is 7. The Morgan fingerprint density at radius 1 is 1.29 bits per heavy atom. The molecule has 1 N–H and O–H groups in total. The van der Waals surface area contributed by atoms with Crippen LogP contribution in [0.15, 0.2) is 52.4 Å². The van der Waals surface area contributed by atoms with E-state index in [9.17, 15) is 14.0 Å². The van der Waals surface area contributed by atoms with Crippen molar-refractivity contribution in [2.45, 2.75) is 31.5 Å². The molecule has 0 aliphatic heterocycles. The molecule has 0 bridgehead atoms. The molecule has 0 spiro atoms. The van der Waals surface area contributed by atoms with Gasteiger partial charge in [0.2, 0.25) is 5.91 Å². The van der Waals surface area contributed by atoms with Crippen molar-refractivity contribution in [3.8, 4) is 0 Å². The van der Waals surface area contributed by atoms with Crippen molar-refractivity contribution >= 4 is 45.9 Å². The smallest absolute Gasteiger partial charge is 0.262 e. The predicted octanol–water partition coefficient (Wildman–Crippen LogP) is 4.72. The summed E-state index contributed by atoms with van der Waals surface area (Å²) in [5.41, 5.74) is 0.830. The summed E-state index contributed by atoms with van der Waals surface area (Å²) in [6.45, 7) is 2.59. The van der Waals surface area contributed by atoms with Gasteiger partial charge in [-0.05, 0) is 36.8 Å². The summed E-state index contributed by atoms with van der Waals surface area (Å²) in [5, 5.41) is 3.83. The van der Waals surface area contributed by atoms with E-state index in [1.807, 2.05) is 19.1 Å². The molecule has 146 valence electrons. The highest BCUT2D eigenvalue weighted by Crippen LogP contribution is 2.23. The standard InChI is InChI=1S/C20H19ClFN3O2S/c1-2-3-10-25-19(27)14-6-4-5-7-16(14)24-20(25)28-12-18(26)23-17-9-8-13(22)11-15(17)21/h4-9,11H,2-3,10,12H2,1H3,(H,23,26). The predicted molar refractivity (Wildman–Crippen MR) is 112 cm³/mol. The van der Waals surface area contributed by atoms with Crippen LogP contribution in [0.5, 0.6) is 0 Å². The number of nitrogens with zero attached hydrogens (tertiary/aromatic N) is 2. The Bertz CT molecular complexity index is 1070. The van der Waals surface area contributed by atoms with Gasteiger partial charge < -0.3 is 5.32 Å². The van der Waals surface area contributed by atoms with Crippen LogP contribution in [-0.4, -0.2) is 21.2 Å². The lowest BCUT2D eigenvalue weighted by molar-refractivity contribution is -0.113. The molecular weight excluding hydrogens is 401 g/mol. The van der Waals surface area contributed by atoms with Gasteiger partial charge in [0.1, 0.15) is 5.82 Å². The van der Waals surface area contributed by atoms with E-state index < -0.39 is 5.82 Å². The number of hydrogen-bond donors (Lipinski definition) is 1. The van der Waals surface area contributed by atoms with Crippen LogP contribution in [0.4, 0.5) is 10.1 Å². The van der Waals surface area contributed by atoms with Crippen LogP contribution >= 0.6 is 23.4 Å². The van der Waals surface area contributed by atoms with Crippen molar-refractivity contribution in [2.75, 3.05) is 11.1 Å². The largest absolute Gasteiger partial charge is 0.324 e. The van der Waals surface area contributed by atoms with Gasteiger partial charge >= 0.3 is 0 Å². The highest BCUT2D eigenvalue weighted by molar-refractivity contribution is 7.99. The second-order valence-corrected chi connectivity index (χ2v) is 7.53. The Balaban J connectivity index is 1.80. The van der Waals surface area contributed by atoms with Gasteiger partial charge in [0.25, 0.3) is 5.56 Å². The first-order chi connectivity index (χ1) is 13.5. The number of hydrogen-bond acceptors (Lipinski definition) is 4. The van der Waals surface area contributed by atoms with Gasteiger partial charge in [-0.3, -0.25) is 14.2 Å². The van der Waals surface area contributed by atoms with Crippen molar-refractivity contribution in [1.29, 1.82) is 0 Å². The van der Waals surface area contributed by atoms with E-state index in [0.717, 1.165) is 18.9 Å². The number of para-hydroxylation sites is 1. The first-order valence-corrected chi connectivity index (χ1v) is 10.2. The monoisotopic (exact) mass is 419 g/mol. The highest BCUT2D eigenvalue weighted by atomic mass is 35.5. The van der Waals surface area contributed by atoms with E-state index in [4.69, 9.17) is 11.6 Å². The van der Waals surface area contributed by atoms with Gasteiger partial charge in [-0.15, -0.1) is 0 Å². The molecule has 0 aliphatic rings. The number of anilines is 1. The van der Waals surface area contributed by atoms with Crippen LogP contribution in [0.25, 0.3) is 10.9 Å². The van der Waals surface area contributed by atoms with Gasteiger partial charge in [0.05, 0.1) is 27.4 Å². The van der Waals surface area contributed by atoms with Gasteiger partial charge in [-0.1, -0.05) is 48.8 Å². The van der Waals surface area contributed by atoms with Crippen LogP contribution in [0, 0.1) is 5.82 Å². The van der Waals surface area contributed by atoms with E-state index in [0.29, 0.717) is 28.3 Å². The lowest BCUT2D eigenvalue weighted by Gasteiger charge is -2.13. The van der Waals surface area contributed by atoms with Gasteiger partial charge in [-0.25, -0.2) is 9.37 Å². The number of thioether (sulfide) groups is 1. The average molecular weight is 420 g/mol. The zero-order valence-electron chi connectivity index (χ0n) is 15.2. The molecule has 3 rings (SSSR count). The summed E-state index contributed by atoms with van der Waals surface area (Å²) in [5.74, 6) is -0.745. The Morgan fingerprint density at radius 2 is 2.07 bits per heavy atom.